The summed E-state index contributed by atoms with van der Waals surface area (Å²) in [5.41, 5.74) is 6.24. The van der Waals surface area contributed by atoms with Crippen molar-refractivity contribution in [3.8, 4) is 17.0 Å². The number of nitrogens with two attached hydrogens (primary N) is 1. The van der Waals surface area contributed by atoms with E-state index in [-0.39, 0.29) is 30.7 Å². The van der Waals surface area contributed by atoms with Crippen LogP contribution in [0.4, 0.5) is 16.0 Å². The third-order valence-corrected chi connectivity index (χ3v) is 7.68. The Morgan fingerprint density at radius 3 is 2.62 bits per heavy atom. The molecule has 0 radical (unpaired) electrons. The molecule has 0 aliphatic carbocycles. The van der Waals surface area contributed by atoms with Crippen molar-refractivity contribution in [3.63, 3.8) is 0 Å². The zero-order chi connectivity index (χ0) is 28.5. The number of hydrogen-bond donors (Lipinski definition) is 2. The normalized spacial score (nSPS) is 16.9. The van der Waals surface area contributed by atoms with E-state index in [9.17, 15) is 17.6 Å². The number of benzene rings is 1. The summed E-state index contributed by atoms with van der Waals surface area (Å²) in [6.45, 7) is 11.2. The smallest absolute Gasteiger partial charge is 0.281 e. The van der Waals surface area contributed by atoms with Gasteiger partial charge in [0.2, 0.25) is 0 Å². The number of hydrogen-bond acceptors (Lipinski definition) is 8. The average Bonchev–Trinajstić information content (AvgIpc) is 3.13. The van der Waals surface area contributed by atoms with Gasteiger partial charge in [-0.25, -0.2) is 19.1 Å². The Balaban J connectivity index is 0.00000294. The molecule has 1 aromatic carbocycles. The Morgan fingerprint density at radius 2 is 1.97 bits per heavy atom. The van der Waals surface area contributed by atoms with Gasteiger partial charge in [0.15, 0.2) is 5.03 Å². The van der Waals surface area contributed by atoms with Gasteiger partial charge in [0.05, 0.1) is 17.9 Å². The number of halogens is 1. The van der Waals surface area contributed by atoms with Gasteiger partial charge in [0.1, 0.15) is 23.2 Å². The third-order valence-electron chi connectivity index (χ3n) is 6.45. The summed E-state index contributed by atoms with van der Waals surface area (Å²) in [6, 6.07) is 11.6. The van der Waals surface area contributed by atoms with E-state index < -0.39 is 21.7 Å². The maximum Gasteiger partial charge on any atom is 0.281 e. The first-order valence-electron chi connectivity index (χ1n) is 12.8. The minimum atomic E-state index is -4.30. The lowest BCUT2D eigenvalue weighted by Gasteiger charge is -2.34. The third kappa shape index (κ3) is 6.47. The lowest BCUT2D eigenvalue weighted by molar-refractivity contribution is 0.0981. The molecule has 0 bridgehead atoms. The van der Waals surface area contributed by atoms with E-state index in [0.717, 1.165) is 6.42 Å². The summed E-state index contributed by atoms with van der Waals surface area (Å²) in [5.74, 6) is -0.0688. The van der Waals surface area contributed by atoms with E-state index in [4.69, 9.17) is 15.5 Å². The lowest BCUT2D eigenvalue weighted by atomic mass is 9.97. The molecule has 11 heteroatoms. The second-order valence-corrected chi connectivity index (χ2v) is 12.6. The van der Waals surface area contributed by atoms with Gasteiger partial charge in [-0.05, 0) is 68.5 Å². The topological polar surface area (TPSA) is 128 Å². The van der Waals surface area contributed by atoms with Gasteiger partial charge >= 0.3 is 0 Å². The van der Waals surface area contributed by atoms with Crippen LogP contribution >= 0.6 is 0 Å². The van der Waals surface area contributed by atoms with Gasteiger partial charge in [-0.2, -0.15) is 8.42 Å². The number of sulfonamides is 1. The maximum absolute atomic E-state index is 14.5. The first-order chi connectivity index (χ1) is 18.2. The number of nitrogens with one attached hydrogen (secondary N) is 1. The standard InChI is InChI=1S/C28H34FN5O4S.2H2/c1-17(2)16-38-21-12-19(11-20(29)13-21)23-10-9-22(26(31-23)34-15-18(3)14-28(34,4)5)27(35)33-39(36,37)25-8-6-7-24(30)32-25;;/h6-13,17-18H,14-16H2,1-5H3,(H2,30,32)(H,33,35);2*1H. The molecule has 1 atom stereocenters. The number of nitrogen functional groups attached to an aromatic ring is 1. The molecule has 1 saturated heterocycles. The number of anilines is 2. The van der Waals surface area contributed by atoms with Crippen molar-refractivity contribution in [2.45, 2.75) is 51.6 Å². The number of aromatic nitrogens is 2. The Hall–Kier alpha value is -3.73. The highest BCUT2D eigenvalue weighted by molar-refractivity contribution is 7.90. The number of carbonyl (C=O) groups is 1. The van der Waals surface area contributed by atoms with Crippen LogP contribution in [0.3, 0.4) is 0 Å². The summed E-state index contributed by atoms with van der Waals surface area (Å²) < 4.78 is 48.2. The van der Waals surface area contributed by atoms with Crippen LogP contribution in [0, 0.1) is 17.7 Å². The summed E-state index contributed by atoms with van der Waals surface area (Å²) in [5, 5.41) is -0.370. The van der Waals surface area contributed by atoms with Gasteiger partial charge in [0.25, 0.3) is 15.9 Å². The SMILES string of the molecule is CC(C)COc1cc(F)cc(-c2ccc(C(=O)NS(=O)(=O)c3cccc(N)n3)c(N3CC(C)CC3(C)C)n2)c1.[HH].[HH]. The van der Waals surface area contributed by atoms with Gasteiger partial charge in [-0.1, -0.05) is 26.8 Å². The van der Waals surface area contributed by atoms with Crippen LogP contribution in [-0.2, 0) is 10.0 Å². The fraction of sp³-hybridized carbons (Fsp3) is 0.393. The maximum atomic E-state index is 14.5. The molecule has 9 nitrogen and oxygen atoms in total. The minimum absolute atomic E-state index is 0. The van der Waals surface area contributed by atoms with Crippen molar-refractivity contribution < 1.29 is 25.2 Å². The molecule has 1 unspecified atom stereocenters. The zero-order valence-corrected chi connectivity index (χ0v) is 23.5. The van der Waals surface area contributed by atoms with Gasteiger partial charge in [0, 0.05) is 26.6 Å². The molecule has 4 rings (SSSR count). The molecular formula is C28H38FN5O4S. The average molecular weight is 560 g/mol. The van der Waals surface area contributed by atoms with E-state index >= 15 is 0 Å². The molecule has 3 N–H and O–H groups in total. The highest BCUT2D eigenvalue weighted by Gasteiger charge is 2.39. The van der Waals surface area contributed by atoms with E-state index in [2.05, 4.69) is 16.6 Å². The van der Waals surface area contributed by atoms with E-state index in [1.807, 2.05) is 32.6 Å². The number of ether oxygens (including phenoxy) is 1. The van der Waals surface area contributed by atoms with E-state index in [0.29, 0.717) is 41.9 Å². The van der Waals surface area contributed by atoms with Crippen LogP contribution < -0.4 is 20.1 Å². The number of amides is 1. The molecule has 3 aromatic rings. The molecule has 3 heterocycles. The first kappa shape index (κ1) is 28.3. The molecule has 1 amide bonds. The summed E-state index contributed by atoms with van der Waals surface area (Å²) in [4.78, 5) is 24.0. The van der Waals surface area contributed by atoms with Crippen LogP contribution in [0.1, 0.15) is 54.3 Å². The molecule has 1 aliphatic heterocycles. The van der Waals surface area contributed by atoms with Crippen LogP contribution in [0.2, 0.25) is 0 Å². The second-order valence-electron chi connectivity index (χ2n) is 11.0. The van der Waals surface area contributed by atoms with Crippen molar-refractivity contribution in [1.82, 2.24) is 14.7 Å². The fourth-order valence-corrected chi connectivity index (χ4v) is 5.76. The molecule has 39 heavy (non-hydrogen) atoms. The number of rotatable bonds is 8. The Bertz CT molecular complexity index is 1500. The zero-order valence-electron chi connectivity index (χ0n) is 22.7. The minimum Gasteiger partial charge on any atom is -0.493 e. The lowest BCUT2D eigenvalue weighted by Crippen LogP contribution is -2.41. The summed E-state index contributed by atoms with van der Waals surface area (Å²) >= 11 is 0. The molecular weight excluding hydrogens is 521 g/mol. The van der Waals surface area contributed by atoms with Crippen molar-refractivity contribution in [2.75, 3.05) is 23.8 Å². The Morgan fingerprint density at radius 1 is 1.23 bits per heavy atom. The molecule has 0 spiro atoms. The Labute approximate surface area is 231 Å². The van der Waals surface area contributed by atoms with Crippen LogP contribution in [0.15, 0.2) is 53.6 Å². The summed E-state index contributed by atoms with van der Waals surface area (Å²) in [6.07, 6.45) is 0.846. The monoisotopic (exact) mass is 559 g/mol. The predicted octanol–water partition coefficient (Wildman–Crippen LogP) is 5.14. The number of carbonyl (C=O) groups excluding carboxylic acids is 1. The van der Waals surface area contributed by atoms with Crippen LogP contribution in [-0.4, -0.2) is 43.0 Å². The van der Waals surface area contributed by atoms with Gasteiger partial charge in [-0.15, -0.1) is 0 Å². The van der Waals surface area contributed by atoms with Crippen molar-refractivity contribution >= 4 is 27.6 Å². The number of pyridine rings is 2. The van der Waals surface area contributed by atoms with E-state index in [1.165, 1.54) is 36.4 Å². The quantitative estimate of drug-likeness (QED) is 0.389. The fourth-order valence-electron chi connectivity index (χ4n) is 4.82. The highest BCUT2D eigenvalue weighted by atomic mass is 32.2. The highest BCUT2D eigenvalue weighted by Crippen LogP contribution is 2.38. The molecule has 0 saturated carbocycles. The van der Waals surface area contributed by atoms with Crippen LogP contribution in [0.5, 0.6) is 5.75 Å². The predicted molar refractivity (Wildman–Crippen MR) is 153 cm³/mol. The van der Waals surface area contributed by atoms with Gasteiger partial charge < -0.3 is 15.4 Å². The number of nitrogens with zero attached hydrogens (tertiary/aromatic N) is 3. The molecule has 212 valence electrons. The van der Waals surface area contributed by atoms with Crippen LogP contribution in [0.25, 0.3) is 11.3 Å². The van der Waals surface area contributed by atoms with Crippen molar-refractivity contribution in [1.29, 1.82) is 0 Å². The largest absolute Gasteiger partial charge is 0.493 e. The first-order valence-corrected chi connectivity index (χ1v) is 14.3. The summed E-state index contributed by atoms with van der Waals surface area (Å²) in [7, 11) is -4.30. The van der Waals surface area contributed by atoms with Crippen molar-refractivity contribution in [2.24, 2.45) is 11.8 Å². The van der Waals surface area contributed by atoms with E-state index in [1.54, 1.807) is 12.1 Å². The molecule has 1 aliphatic rings. The molecule has 1 fully saturated rings. The van der Waals surface area contributed by atoms with Crippen molar-refractivity contribution in [3.05, 3.63) is 59.9 Å². The van der Waals surface area contributed by atoms with Gasteiger partial charge in [-0.3, -0.25) is 4.79 Å². The molecule has 2 aromatic heterocycles. The Kier molecular flexibility index (Phi) is 7.83. The second kappa shape index (κ2) is 10.8.